The van der Waals surface area contributed by atoms with Crippen LogP contribution in [0.4, 0.5) is 0 Å². The number of ketones is 1. The molecule has 140 valence electrons. The average Bonchev–Trinajstić information content (AvgIpc) is 2.84. The lowest BCUT2D eigenvalue weighted by Crippen LogP contribution is -2.24. The lowest BCUT2D eigenvalue weighted by atomic mass is 10.1. The number of aryl methyl sites for hydroxylation is 2. The lowest BCUT2D eigenvalue weighted by molar-refractivity contribution is 0.104. The summed E-state index contributed by atoms with van der Waals surface area (Å²) in [6.07, 6.45) is 3.15. The topological polar surface area (TPSA) is 84.3 Å². The summed E-state index contributed by atoms with van der Waals surface area (Å²) in [4.78, 5) is 14.1. The Morgan fingerprint density at radius 1 is 1.31 bits per heavy atom. The largest absolute Gasteiger partial charge is 0.383 e. The van der Waals surface area contributed by atoms with Crippen LogP contribution < -0.4 is 4.72 Å². The minimum atomic E-state index is -3.69. The number of rotatable bonds is 7. The normalized spacial score (nSPS) is 11.9. The van der Waals surface area contributed by atoms with Crippen molar-refractivity contribution in [2.24, 2.45) is 7.05 Å². The summed E-state index contributed by atoms with van der Waals surface area (Å²) in [5.41, 5.74) is 2.24. The Morgan fingerprint density at radius 2 is 2.00 bits per heavy atom. The second-order valence-electron chi connectivity index (χ2n) is 6.29. The van der Waals surface area contributed by atoms with Crippen molar-refractivity contribution in [2.75, 3.05) is 14.1 Å². The van der Waals surface area contributed by atoms with Crippen LogP contribution in [0, 0.1) is 13.8 Å². The van der Waals surface area contributed by atoms with E-state index < -0.39 is 10.0 Å². The van der Waals surface area contributed by atoms with Crippen LogP contribution in [-0.4, -0.2) is 43.0 Å². The quantitative estimate of drug-likeness (QED) is 0.588. The van der Waals surface area contributed by atoms with E-state index in [1.807, 2.05) is 14.1 Å². The number of hydrogen-bond donors (Lipinski definition) is 1. The molecule has 2 aromatic rings. The molecule has 0 fully saturated rings. The van der Waals surface area contributed by atoms with E-state index in [1.165, 1.54) is 6.08 Å². The summed E-state index contributed by atoms with van der Waals surface area (Å²) < 4.78 is 29.3. The van der Waals surface area contributed by atoms with Crippen LogP contribution in [0.2, 0.25) is 0 Å². The highest BCUT2D eigenvalue weighted by Crippen LogP contribution is 2.18. The Bertz CT molecular complexity index is 943. The molecule has 0 radical (unpaired) electrons. The molecule has 0 spiro atoms. The van der Waals surface area contributed by atoms with Crippen molar-refractivity contribution in [2.45, 2.75) is 25.3 Å². The molecule has 0 aliphatic carbocycles. The number of carbonyl (C=O) groups excluding carboxylic acids is 1. The van der Waals surface area contributed by atoms with E-state index in [-0.39, 0.29) is 17.2 Å². The molecule has 26 heavy (non-hydrogen) atoms. The third kappa shape index (κ3) is 4.59. The van der Waals surface area contributed by atoms with Gasteiger partial charge in [0.05, 0.1) is 11.4 Å². The third-order valence-corrected chi connectivity index (χ3v) is 5.57. The third-order valence-electron chi connectivity index (χ3n) is 3.91. The van der Waals surface area contributed by atoms with E-state index in [2.05, 4.69) is 9.82 Å². The molecule has 0 unspecified atom stereocenters. The molecule has 8 heteroatoms. The van der Waals surface area contributed by atoms with E-state index in [1.54, 1.807) is 60.9 Å². The maximum Gasteiger partial charge on any atom is 0.244 e. The fourth-order valence-corrected chi connectivity index (χ4v) is 3.99. The SMILES string of the molecule is Cc1nn(C)c(C)c1S(=O)(=O)NCc1cccc(C(=O)C=CN(C)C)c1. The van der Waals surface area contributed by atoms with Crippen molar-refractivity contribution >= 4 is 15.8 Å². The number of nitrogens with one attached hydrogen (secondary N) is 1. The first-order valence-corrected chi connectivity index (χ1v) is 9.58. The van der Waals surface area contributed by atoms with Gasteiger partial charge in [-0.25, -0.2) is 13.1 Å². The van der Waals surface area contributed by atoms with Crippen LogP contribution >= 0.6 is 0 Å². The molecular formula is C18H24N4O3S. The monoisotopic (exact) mass is 376 g/mol. The molecule has 0 atom stereocenters. The van der Waals surface area contributed by atoms with Crippen LogP contribution in [-0.2, 0) is 23.6 Å². The molecule has 0 aliphatic rings. The lowest BCUT2D eigenvalue weighted by Gasteiger charge is -2.08. The Kier molecular flexibility index (Phi) is 5.99. The summed E-state index contributed by atoms with van der Waals surface area (Å²) in [7, 11) is 1.68. The van der Waals surface area contributed by atoms with Gasteiger partial charge in [0.1, 0.15) is 4.90 Å². The van der Waals surface area contributed by atoms with Gasteiger partial charge in [-0.3, -0.25) is 9.48 Å². The molecule has 1 aromatic carbocycles. The summed E-state index contributed by atoms with van der Waals surface area (Å²) >= 11 is 0. The molecular weight excluding hydrogens is 352 g/mol. The van der Waals surface area contributed by atoms with Crippen LogP contribution in [0.5, 0.6) is 0 Å². The Labute approximate surface area is 154 Å². The van der Waals surface area contributed by atoms with Crippen molar-refractivity contribution in [1.29, 1.82) is 0 Å². The van der Waals surface area contributed by atoms with Crippen molar-refractivity contribution in [3.05, 3.63) is 59.1 Å². The summed E-state index contributed by atoms with van der Waals surface area (Å²) in [6, 6.07) is 6.91. The first-order valence-electron chi connectivity index (χ1n) is 8.09. The van der Waals surface area contributed by atoms with Crippen LogP contribution in [0.1, 0.15) is 27.3 Å². The van der Waals surface area contributed by atoms with Gasteiger partial charge in [0.15, 0.2) is 5.78 Å². The Balaban J connectivity index is 2.17. The first kappa shape index (κ1) is 19.9. The zero-order valence-corrected chi connectivity index (χ0v) is 16.5. The zero-order valence-electron chi connectivity index (χ0n) is 15.6. The van der Waals surface area contributed by atoms with Crippen molar-refractivity contribution < 1.29 is 13.2 Å². The number of nitrogens with zero attached hydrogens (tertiary/aromatic N) is 3. The van der Waals surface area contributed by atoms with Gasteiger partial charge in [-0.15, -0.1) is 0 Å². The van der Waals surface area contributed by atoms with Gasteiger partial charge >= 0.3 is 0 Å². The highest BCUT2D eigenvalue weighted by molar-refractivity contribution is 7.89. The molecule has 0 bridgehead atoms. The van der Waals surface area contributed by atoms with Crippen LogP contribution in [0.15, 0.2) is 41.4 Å². The smallest absolute Gasteiger partial charge is 0.244 e. The van der Waals surface area contributed by atoms with Gasteiger partial charge in [0.25, 0.3) is 0 Å². The van der Waals surface area contributed by atoms with Gasteiger partial charge in [-0.1, -0.05) is 18.2 Å². The number of aromatic nitrogens is 2. The van der Waals surface area contributed by atoms with E-state index in [4.69, 9.17) is 0 Å². The number of carbonyl (C=O) groups is 1. The molecule has 1 heterocycles. The predicted molar refractivity (Wildman–Crippen MR) is 100 cm³/mol. The van der Waals surface area contributed by atoms with Crippen LogP contribution in [0.25, 0.3) is 0 Å². The highest BCUT2D eigenvalue weighted by atomic mass is 32.2. The second-order valence-corrected chi connectivity index (χ2v) is 8.00. The summed E-state index contributed by atoms with van der Waals surface area (Å²) in [5.74, 6) is -0.137. The Morgan fingerprint density at radius 3 is 2.58 bits per heavy atom. The number of allylic oxidation sites excluding steroid dienone is 1. The minimum absolute atomic E-state index is 0.0919. The van der Waals surface area contributed by atoms with Crippen molar-refractivity contribution in [3.63, 3.8) is 0 Å². The molecule has 0 amide bonds. The standard InChI is InChI=1S/C18H24N4O3S/c1-13-18(14(2)22(5)20-13)26(24,25)19-12-15-7-6-8-16(11-15)17(23)9-10-21(3)4/h6-11,19H,12H2,1-5H3. The van der Waals surface area contributed by atoms with E-state index in [9.17, 15) is 13.2 Å². The van der Waals surface area contributed by atoms with E-state index in [0.29, 0.717) is 22.5 Å². The predicted octanol–water partition coefficient (Wildman–Crippen LogP) is 1.77. The van der Waals surface area contributed by atoms with Crippen molar-refractivity contribution in [3.8, 4) is 0 Å². The molecule has 1 N–H and O–H groups in total. The molecule has 2 rings (SSSR count). The Hall–Kier alpha value is -2.45. The maximum atomic E-state index is 12.6. The number of sulfonamides is 1. The van der Waals surface area contributed by atoms with E-state index in [0.717, 1.165) is 0 Å². The number of hydrogen-bond acceptors (Lipinski definition) is 5. The fraction of sp³-hybridized carbons (Fsp3) is 0.333. The van der Waals surface area contributed by atoms with Gasteiger partial charge < -0.3 is 4.90 Å². The molecule has 7 nitrogen and oxygen atoms in total. The van der Waals surface area contributed by atoms with Gasteiger partial charge in [0.2, 0.25) is 10.0 Å². The minimum Gasteiger partial charge on any atom is -0.383 e. The van der Waals surface area contributed by atoms with Gasteiger partial charge in [0, 0.05) is 45.5 Å². The molecule has 0 saturated carbocycles. The second kappa shape index (κ2) is 7.84. The van der Waals surface area contributed by atoms with Gasteiger partial charge in [-0.05, 0) is 25.5 Å². The summed E-state index contributed by atoms with van der Waals surface area (Å²) in [6.45, 7) is 3.47. The fourth-order valence-electron chi connectivity index (χ4n) is 2.54. The first-order chi connectivity index (χ1) is 12.1. The zero-order chi connectivity index (χ0) is 19.5. The molecule has 0 saturated heterocycles. The maximum absolute atomic E-state index is 12.6. The van der Waals surface area contributed by atoms with E-state index >= 15 is 0 Å². The molecule has 0 aliphatic heterocycles. The molecule has 1 aromatic heterocycles. The van der Waals surface area contributed by atoms with Gasteiger partial charge in [-0.2, -0.15) is 5.10 Å². The highest BCUT2D eigenvalue weighted by Gasteiger charge is 2.23. The number of benzene rings is 1. The average molecular weight is 376 g/mol. The van der Waals surface area contributed by atoms with Crippen LogP contribution in [0.3, 0.4) is 0 Å². The van der Waals surface area contributed by atoms with Crippen molar-refractivity contribution in [1.82, 2.24) is 19.4 Å². The summed E-state index contributed by atoms with van der Waals surface area (Å²) in [5, 5.41) is 4.15.